The van der Waals surface area contributed by atoms with Gasteiger partial charge < -0.3 is 10.2 Å². The maximum absolute atomic E-state index is 14.4. The molecule has 0 unspecified atom stereocenters. The second kappa shape index (κ2) is 15.0. The standard InChI is InChI=1S/C35H37ClN2O2/c1-2-3-22-37-35(40)33(24-27-14-7-4-8-15-27)38(26-28-16-13-21-31(36)23-28)34(39)25-32(29-17-9-5-10-18-29)30-19-11-6-12-20-30/h4-21,23,32-33H,2-3,22,24-26H2,1H3,(H,37,40)/t33-/m1/s1. The first kappa shape index (κ1) is 29.1. The summed E-state index contributed by atoms with van der Waals surface area (Å²) in [6, 6.07) is 36.9. The van der Waals surface area contributed by atoms with Crippen molar-refractivity contribution < 1.29 is 9.59 Å². The lowest BCUT2D eigenvalue weighted by Crippen LogP contribution is -2.51. The van der Waals surface area contributed by atoms with Crippen molar-refractivity contribution in [2.75, 3.05) is 6.54 Å². The van der Waals surface area contributed by atoms with Crippen LogP contribution in [0.15, 0.2) is 115 Å². The highest BCUT2D eigenvalue weighted by molar-refractivity contribution is 6.30. The van der Waals surface area contributed by atoms with Crippen LogP contribution >= 0.6 is 11.6 Å². The van der Waals surface area contributed by atoms with Crippen LogP contribution < -0.4 is 5.32 Å². The first-order valence-corrected chi connectivity index (χ1v) is 14.4. The predicted octanol–water partition coefficient (Wildman–Crippen LogP) is 7.42. The second-order valence-electron chi connectivity index (χ2n) is 10.1. The molecule has 4 aromatic rings. The molecular weight excluding hydrogens is 516 g/mol. The molecule has 1 atom stereocenters. The van der Waals surface area contributed by atoms with Crippen molar-refractivity contribution in [2.24, 2.45) is 0 Å². The fraction of sp³-hybridized carbons (Fsp3) is 0.257. The lowest BCUT2D eigenvalue weighted by Gasteiger charge is -2.33. The van der Waals surface area contributed by atoms with Crippen LogP contribution in [0.1, 0.15) is 54.4 Å². The van der Waals surface area contributed by atoms with Gasteiger partial charge in [-0.25, -0.2) is 0 Å². The van der Waals surface area contributed by atoms with Gasteiger partial charge in [-0.05, 0) is 40.8 Å². The molecule has 0 saturated heterocycles. The predicted molar refractivity (Wildman–Crippen MR) is 163 cm³/mol. The number of amides is 2. The molecule has 0 heterocycles. The Kier molecular flexibility index (Phi) is 10.9. The number of carbonyl (C=O) groups excluding carboxylic acids is 2. The van der Waals surface area contributed by atoms with Crippen LogP contribution in [0.25, 0.3) is 0 Å². The quantitative estimate of drug-likeness (QED) is 0.175. The van der Waals surface area contributed by atoms with Gasteiger partial charge >= 0.3 is 0 Å². The summed E-state index contributed by atoms with van der Waals surface area (Å²) in [6.07, 6.45) is 2.52. The third-order valence-electron chi connectivity index (χ3n) is 7.13. The summed E-state index contributed by atoms with van der Waals surface area (Å²) in [6.45, 7) is 2.96. The van der Waals surface area contributed by atoms with E-state index in [-0.39, 0.29) is 30.7 Å². The van der Waals surface area contributed by atoms with Gasteiger partial charge in [0.05, 0.1) is 0 Å². The number of nitrogens with zero attached hydrogens (tertiary/aromatic N) is 1. The van der Waals surface area contributed by atoms with E-state index in [1.165, 1.54) is 0 Å². The largest absolute Gasteiger partial charge is 0.354 e. The summed E-state index contributed by atoms with van der Waals surface area (Å²) in [7, 11) is 0. The fourth-order valence-corrected chi connectivity index (χ4v) is 5.20. The molecule has 5 heteroatoms. The van der Waals surface area contributed by atoms with Gasteiger partial charge in [-0.1, -0.05) is 128 Å². The molecule has 4 nitrogen and oxygen atoms in total. The van der Waals surface area contributed by atoms with Crippen molar-refractivity contribution in [3.05, 3.63) is 143 Å². The monoisotopic (exact) mass is 552 g/mol. The topological polar surface area (TPSA) is 49.4 Å². The average molecular weight is 553 g/mol. The maximum Gasteiger partial charge on any atom is 0.243 e. The number of carbonyl (C=O) groups is 2. The average Bonchev–Trinajstić information content (AvgIpc) is 2.99. The minimum Gasteiger partial charge on any atom is -0.354 e. The number of unbranched alkanes of at least 4 members (excludes halogenated alkanes) is 1. The Bertz CT molecular complexity index is 1310. The summed E-state index contributed by atoms with van der Waals surface area (Å²) in [5, 5.41) is 3.69. The van der Waals surface area contributed by atoms with Crippen molar-refractivity contribution in [3.63, 3.8) is 0 Å². The highest BCUT2D eigenvalue weighted by Gasteiger charge is 2.32. The Labute approximate surface area is 243 Å². The third-order valence-corrected chi connectivity index (χ3v) is 7.36. The van der Waals surface area contributed by atoms with Crippen molar-refractivity contribution in [3.8, 4) is 0 Å². The van der Waals surface area contributed by atoms with E-state index < -0.39 is 6.04 Å². The Morgan fingerprint density at radius 1 is 0.775 bits per heavy atom. The highest BCUT2D eigenvalue weighted by atomic mass is 35.5. The van der Waals surface area contributed by atoms with Crippen LogP contribution in [-0.2, 0) is 22.6 Å². The van der Waals surface area contributed by atoms with Crippen molar-refractivity contribution in [1.29, 1.82) is 0 Å². The molecule has 1 N–H and O–H groups in total. The van der Waals surface area contributed by atoms with Crippen molar-refractivity contribution in [1.82, 2.24) is 10.2 Å². The minimum atomic E-state index is -0.669. The van der Waals surface area contributed by atoms with Gasteiger partial charge in [-0.3, -0.25) is 9.59 Å². The zero-order valence-corrected chi connectivity index (χ0v) is 23.8. The fourth-order valence-electron chi connectivity index (χ4n) is 4.98. The molecule has 0 aromatic heterocycles. The molecule has 2 amide bonds. The highest BCUT2D eigenvalue weighted by Crippen LogP contribution is 2.30. The Morgan fingerprint density at radius 2 is 1.35 bits per heavy atom. The molecule has 206 valence electrons. The molecule has 0 aliphatic rings. The molecule has 0 fully saturated rings. The normalized spacial score (nSPS) is 11.7. The third kappa shape index (κ3) is 8.30. The summed E-state index contributed by atoms with van der Waals surface area (Å²) >= 11 is 6.33. The second-order valence-corrected chi connectivity index (χ2v) is 10.5. The maximum atomic E-state index is 14.4. The van der Waals surface area contributed by atoms with Gasteiger partial charge in [0.15, 0.2) is 0 Å². The van der Waals surface area contributed by atoms with Gasteiger partial charge in [0.2, 0.25) is 11.8 Å². The molecule has 0 aliphatic heterocycles. The van der Waals surface area contributed by atoms with Gasteiger partial charge in [0, 0.05) is 36.9 Å². The van der Waals surface area contributed by atoms with E-state index in [0.29, 0.717) is 18.0 Å². The number of benzene rings is 4. The first-order chi connectivity index (χ1) is 19.5. The number of rotatable bonds is 13. The van der Waals surface area contributed by atoms with Crippen molar-refractivity contribution in [2.45, 2.75) is 51.1 Å². The van der Waals surface area contributed by atoms with Crippen LogP contribution in [0, 0.1) is 0 Å². The molecule has 40 heavy (non-hydrogen) atoms. The van der Waals surface area contributed by atoms with E-state index in [1.54, 1.807) is 4.90 Å². The van der Waals surface area contributed by atoms with Crippen molar-refractivity contribution >= 4 is 23.4 Å². The van der Waals surface area contributed by atoms with Crippen LogP contribution in [0.3, 0.4) is 0 Å². The SMILES string of the molecule is CCCCNC(=O)[C@@H](Cc1ccccc1)N(Cc1cccc(Cl)c1)C(=O)CC(c1ccccc1)c1ccccc1. The number of hydrogen-bond acceptors (Lipinski definition) is 2. The molecule has 4 aromatic carbocycles. The first-order valence-electron chi connectivity index (χ1n) is 14.0. The van der Waals surface area contributed by atoms with Crippen LogP contribution in [0.2, 0.25) is 5.02 Å². The smallest absolute Gasteiger partial charge is 0.243 e. The number of halogens is 1. The van der Waals surface area contributed by atoms with E-state index >= 15 is 0 Å². The lowest BCUT2D eigenvalue weighted by molar-refractivity contribution is -0.141. The van der Waals surface area contributed by atoms with Gasteiger partial charge in [-0.2, -0.15) is 0 Å². The summed E-state index contributed by atoms with van der Waals surface area (Å²) in [5.41, 5.74) is 4.02. The van der Waals surface area contributed by atoms with E-state index in [2.05, 4.69) is 36.5 Å². The minimum absolute atomic E-state index is 0.0794. The Morgan fingerprint density at radius 3 is 1.93 bits per heavy atom. The van der Waals surface area contributed by atoms with Crippen LogP contribution in [-0.4, -0.2) is 29.3 Å². The molecule has 4 rings (SSSR count). The van der Waals surface area contributed by atoms with Gasteiger partial charge in [0.25, 0.3) is 0 Å². The molecule has 0 bridgehead atoms. The molecular formula is C35H37ClN2O2. The number of hydrogen-bond donors (Lipinski definition) is 1. The zero-order valence-electron chi connectivity index (χ0n) is 23.0. The van der Waals surface area contributed by atoms with E-state index in [0.717, 1.165) is 35.1 Å². The lowest BCUT2D eigenvalue weighted by atomic mass is 9.87. The Hall–Kier alpha value is -3.89. The van der Waals surface area contributed by atoms with E-state index in [9.17, 15) is 9.59 Å². The van der Waals surface area contributed by atoms with Gasteiger partial charge in [0.1, 0.15) is 6.04 Å². The summed E-state index contributed by atoms with van der Waals surface area (Å²) in [5.74, 6) is -0.356. The van der Waals surface area contributed by atoms with E-state index in [1.807, 2.05) is 91.0 Å². The number of nitrogens with one attached hydrogen (secondary N) is 1. The van der Waals surface area contributed by atoms with E-state index in [4.69, 9.17) is 11.6 Å². The molecule has 0 aliphatic carbocycles. The van der Waals surface area contributed by atoms with Crippen LogP contribution in [0.4, 0.5) is 0 Å². The Balaban J connectivity index is 1.71. The molecule has 0 radical (unpaired) electrons. The zero-order chi connectivity index (χ0) is 28.2. The summed E-state index contributed by atoms with van der Waals surface area (Å²) in [4.78, 5) is 29.8. The van der Waals surface area contributed by atoms with Crippen LogP contribution in [0.5, 0.6) is 0 Å². The molecule has 0 saturated carbocycles. The molecule has 0 spiro atoms. The summed E-state index contributed by atoms with van der Waals surface area (Å²) < 4.78 is 0. The van der Waals surface area contributed by atoms with Gasteiger partial charge in [-0.15, -0.1) is 0 Å².